The molecule has 3 aromatic rings. The standard InChI is InChI=1S/C22H20Cl2N2O3/c1-2-17-9-10-27-22(29-17,15-12-25-14-26-13-15)20-8-7-19(11-21(20)24)28-18-5-3-16(23)4-6-18/h3-8,11-14,17H,2,9-10H2,1H3. The first-order chi connectivity index (χ1) is 14.1. The number of hydrogen-bond acceptors (Lipinski definition) is 5. The van der Waals surface area contributed by atoms with Crippen molar-refractivity contribution in [3.8, 4) is 11.5 Å². The maximum Gasteiger partial charge on any atom is 0.227 e. The van der Waals surface area contributed by atoms with Gasteiger partial charge in [0, 0.05) is 23.0 Å². The summed E-state index contributed by atoms with van der Waals surface area (Å²) in [5, 5.41) is 1.12. The number of aromatic nitrogens is 2. The molecule has 4 rings (SSSR count). The molecule has 2 heterocycles. The molecule has 1 aliphatic rings. The molecule has 5 nitrogen and oxygen atoms in total. The monoisotopic (exact) mass is 430 g/mol. The molecule has 7 heteroatoms. The second-order valence-electron chi connectivity index (χ2n) is 6.73. The summed E-state index contributed by atoms with van der Waals surface area (Å²) in [7, 11) is 0. The van der Waals surface area contributed by atoms with Gasteiger partial charge in [-0.15, -0.1) is 0 Å². The lowest BCUT2D eigenvalue weighted by Gasteiger charge is -2.41. The molecule has 1 fully saturated rings. The van der Waals surface area contributed by atoms with Gasteiger partial charge < -0.3 is 14.2 Å². The van der Waals surface area contributed by atoms with E-state index in [1.54, 1.807) is 42.7 Å². The molecule has 1 aliphatic heterocycles. The van der Waals surface area contributed by atoms with Gasteiger partial charge in [-0.3, -0.25) is 0 Å². The second kappa shape index (κ2) is 8.67. The van der Waals surface area contributed by atoms with Crippen LogP contribution in [0.25, 0.3) is 0 Å². The van der Waals surface area contributed by atoms with E-state index >= 15 is 0 Å². The minimum Gasteiger partial charge on any atom is -0.457 e. The Morgan fingerprint density at radius 1 is 1.07 bits per heavy atom. The van der Waals surface area contributed by atoms with Crippen molar-refractivity contribution in [2.45, 2.75) is 31.7 Å². The number of ether oxygens (including phenoxy) is 3. The van der Waals surface area contributed by atoms with Gasteiger partial charge in [-0.05, 0) is 55.3 Å². The van der Waals surface area contributed by atoms with Crippen LogP contribution >= 0.6 is 23.2 Å². The number of hydrogen-bond donors (Lipinski definition) is 0. The first-order valence-electron chi connectivity index (χ1n) is 9.41. The Balaban J connectivity index is 1.70. The Morgan fingerprint density at radius 2 is 1.79 bits per heavy atom. The molecular formula is C22H20Cl2N2O3. The number of benzene rings is 2. The van der Waals surface area contributed by atoms with E-state index in [9.17, 15) is 0 Å². The van der Waals surface area contributed by atoms with E-state index in [2.05, 4.69) is 16.9 Å². The van der Waals surface area contributed by atoms with Crippen LogP contribution in [0.2, 0.25) is 10.0 Å². The predicted octanol–water partition coefficient (Wildman–Crippen LogP) is 5.99. The Labute approximate surface area is 179 Å². The average molecular weight is 431 g/mol. The molecule has 2 atom stereocenters. The lowest BCUT2D eigenvalue weighted by Crippen LogP contribution is -2.43. The van der Waals surface area contributed by atoms with Crippen LogP contribution in [0.3, 0.4) is 0 Å². The van der Waals surface area contributed by atoms with Crippen LogP contribution in [-0.2, 0) is 15.3 Å². The van der Waals surface area contributed by atoms with E-state index in [4.69, 9.17) is 37.4 Å². The SMILES string of the molecule is CCC1CCOC(c2cncnc2)(c2ccc(Oc3ccc(Cl)cc3)cc2Cl)O1. The molecule has 0 saturated carbocycles. The minimum atomic E-state index is -1.16. The van der Waals surface area contributed by atoms with Crippen LogP contribution in [0.1, 0.15) is 30.9 Å². The van der Waals surface area contributed by atoms with Gasteiger partial charge in [0.15, 0.2) is 0 Å². The lowest BCUT2D eigenvalue weighted by atomic mass is 9.97. The van der Waals surface area contributed by atoms with Crippen molar-refractivity contribution >= 4 is 23.2 Å². The highest BCUT2D eigenvalue weighted by atomic mass is 35.5. The Hall–Kier alpha value is -2.18. The van der Waals surface area contributed by atoms with Crippen LogP contribution < -0.4 is 4.74 Å². The van der Waals surface area contributed by atoms with Crippen LogP contribution in [0, 0.1) is 0 Å². The summed E-state index contributed by atoms with van der Waals surface area (Å²) in [6, 6.07) is 12.6. The van der Waals surface area contributed by atoms with E-state index in [1.165, 1.54) is 6.33 Å². The Morgan fingerprint density at radius 3 is 2.48 bits per heavy atom. The summed E-state index contributed by atoms with van der Waals surface area (Å²) in [5.41, 5.74) is 1.39. The molecule has 0 radical (unpaired) electrons. The molecule has 2 unspecified atom stereocenters. The zero-order valence-corrected chi connectivity index (χ0v) is 17.4. The first kappa shape index (κ1) is 20.1. The van der Waals surface area contributed by atoms with Crippen molar-refractivity contribution in [1.29, 1.82) is 0 Å². The molecule has 0 amide bonds. The van der Waals surface area contributed by atoms with Gasteiger partial charge in [0.1, 0.15) is 17.8 Å². The van der Waals surface area contributed by atoms with Crippen LogP contribution in [0.5, 0.6) is 11.5 Å². The summed E-state index contributed by atoms with van der Waals surface area (Å²) < 4.78 is 18.5. The molecule has 0 aliphatic carbocycles. The molecule has 29 heavy (non-hydrogen) atoms. The van der Waals surface area contributed by atoms with Crippen molar-refractivity contribution in [2.24, 2.45) is 0 Å². The fraction of sp³-hybridized carbons (Fsp3) is 0.273. The predicted molar refractivity (Wildman–Crippen MR) is 112 cm³/mol. The highest BCUT2D eigenvalue weighted by Crippen LogP contribution is 2.43. The summed E-state index contributed by atoms with van der Waals surface area (Å²) in [5.74, 6) is 0.111. The van der Waals surface area contributed by atoms with E-state index < -0.39 is 5.79 Å². The molecule has 1 aromatic heterocycles. The minimum absolute atomic E-state index is 0.0463. The Bertz CT molecular complexity index is 970. The third kappa shape index (κ3) is 4.23. The second-order valence-corrected chi connectivity index (χ2v) is 7.57. The molecule has 0 N–H and O–H groups in total. The average Bonchev–Trinajstić information content (AvgIpc) is 2.76. The highest BCUT2D eigenvalue weighted by molar-refractivity contribution is 6.31. The van der Waals surface area contributed by atoms with Crippen LogP contribution in [0.15, 0.2) is 61.2 Å². The lowest BCUT2D eigenvalue weighted by molar-refractivity contribution is -0.278. The topological polar surface area (TPSA) is 53.5 Å². The van der Waals surface area contributed by atoms with Gasteiger partial charge in [0.25, 0.3) is 0 Å². The molecule has 150 valence electrons. The zero-order chi connectivity index (χ0) is 20.3. The maximum atomic E-state index is 6.68. The summed E-state index contributed by atoms with van der Waals surface area (Å²) >= 11 is 12.6. The maximum absolute atomic E-state index is 6.68. The van der Waals surface area contributed by atoms with Gasteiger partial charge in [0.2, 0.25) is 5.79 Å². The van der Waals surface area contributed by atoms with Gasteiger partial charge in [0.05, 0.1) is 23.3 Å². The van der Waals surface area contributed by atoms with Crippen molar-refractivity contribution in [1.82, 2.24) is 9.97 Å². The van der Waals surface area contributed by atoms with Crippen molar-refractivity contribution in [3.05, 3.63) is 82.4 Å². The van der Waals surface area contributed by atoms with E-state index in [-0.39, 0.29) is 6.10 Å². The number of nitrogens with zero attached hydrogens (tertiary/aromatic N) is 2. The van der Waals surface area contributed by atoms with E-state index in [0.717, 1.165) is 12.8 Å². The third-order valence-corrected chi connectivity index (χ3v) is 5.38. The van der Waals surface area contributed by atoms with Crippen molar-refractivity contribution in [3.63, 3.8) is 0 Å². The molecule has 0 spiro atoms. The van der Waals surface area contributed by atoms with E-state index in [0.29, 0.717) is 39.3 Å². The number of halogens is 2. The Kier molecular flexibility index (Phi) is 6.01. The van der Waals surface area contributed by atoms with Gasteiger partial charge in [-0.25, -0.2) is 9.97 Å². The van der Waals surface area contributed by atoms with Crippen LogP contribution in [0.4, 0.5) is 0 Å². The van der Waals surface area contributed by atoms with Gasteiger partial charge in [-0.2, -0.15) is 0 Å². The molecule has 0 bridgehead atoms. The van der Waals surface area contributed by atoms with Crippen molar-refractivity contribution < 1.29 is 14.2 Å². The smallest absolute Gasteiger partial charge is 0.227 e. The fourth-order valence-electron chi connectivity index (χ4n) is 3.33. The quantitative estimate of drug-likeness (QED) is 0.497. The van der Waals surface area contributed by atoms with E-state index in [1.807, 2.05) is 12.1 Å². The number of rotatable bonds is 5. The highest BCUT2D eigenvalue weighted by Gasteiger charge is 2.44. The van der Waals surface area contributed by atoms with Gasteiger partial charge >= 0.3 is 0 Å². The normalized spacial score (nSPS) is 21.7. The summed E-state index contributed by atoms with van der Waals surface area (Å²) in [6.07, 6.45) is 6.60. The fourth-order valence-corrected chi connectivity index (χ4v) is 3.75. The molecule has 1 saturated heterocycles. The van der Waals surface area contributed by atoms with Gasteiger partial charge in [-0.1, -0.05) is 30.1 Å². The van der Waals surface area contributed by atoms with Crippen molar-refractivity contribution in [2.75, 3.05) is 6.61 Å². The summed E-state index contributed by atoms with van der Waals surface area (Å²) in [4.78, 5) is 8.28. The zero-order valence-electron chi connectivity index (χ0n) is 15.8. The largest absolute Gasteiger partial charge is 0.457 e. The first-order valence-corrected chi connectivity index (χ1v) is 10.2. The van der Waals surface area contributed by atoms with Crippen LogP contribution in [-0.4, -0.2) is 22.7 Å². The summed E-state index contributed by atoms with van der Waals surface area (Å²) in [6.45, 7) is 2.64. The molecular weight excluding hydrogens is 411 g/mol. The third-order valence-electron chi connectivity index (χ3n) is 4.82. The molecule has 2 aromatic carbocycles.